The van der Waals surface area contributed by atoms with Crippen LogP contribution in [0, 0.1) is 0 Å². The minimum atomic E-state index is -0.0454. The Balaban J connectivity index is 1.82. The summed E-state index contributed by atoms with van der Waals surface area (Å²) in [5.41, 5.74) is 2.03. The summed E-state index contributed by atoms with van der Waals surface area (Å²) in [7, 11) is 1.85. The van der Waals surface area contributed by atoms with Crippen molar-refractivity contribution in [3.05, 3.63) is 47.8 Å². The van der Waals surface area contributed by atoms with Crippen molar-refractivity contribution >= 4 is 5.91 Å². The number of aromatic hydroxyl groups is 1. The third-order valence-corrected chi connectivity index (χ3v) is 3.18. The van der Waals surface area contributed by atoms with E-state index in [1.807, 2.05) is 32.3 Å². The Hall–Kier alpha value is -2.30. The van der Waals surface area contributed by atoms with Gasteiger partial charge in [-0.15, -0.1) is 0 Å². The van der Waals surface area contributed by atoms with Crippen LogP contribution in [-0.2, 0) is 18.3 Å². The smallest absolute Gasteiger partial charge is 0.220 e. The molecule has 1 heterocycles. The summed E-state index contributed by atoms with van der Waals surface area (Å²) in [6.07, 6.45) is 4.73. The number of phenolic OH excluding ortho intramolecular Hbond substituents is 1. The molecule has 0 saturated carbocycles. The average molecular weight is 273 g/mol. The van der Waals surface area contributed by atoms with Crippen LogP contribution in [0.25, 0.3) is 0 Å². The van der Waals surface area contributed by atoms with E-state index < -0.39 is 0 Å². The molecule has 2 N–H and O–H groups in total. The van der Waals surface area contributed by atoms with Crippen molar-refractivity contribution in [2.75, 3.05) is 0 Å². The van der Waals surface area contributed by atoms with Crippen molar-refractivity contribution in [2.45, 2.75) is 25.8 Å². The van der Waals surface area contributed by atoms with E-state index in [1.54, 1.807) is 23.0 Å². The van der Waals surface area contributed by atoms with Gasteiger partial charge in [0.25, 0.3) is 0 Å². The number of rotatable bonds is 5. The maximum atomic E-state index is 11.9. The zero-order chi connectivity index (χ0) is 14.5. The molecule has 1 aromatic carbocycles. The summed E-state index contributed by atoms with van der Waals surface area (Å²) >= 11 is 0. The topological polar surface area (TPSA) is 67.2 Å². The largest absolute Gasteiger partial charge is 0.508 e. The number of amides is 1. The minimum Gasteiger partial charge on any atom is -0.508 e. The van der Waals surface area contributed by atoms with E-state index in [0.717, 1.165) is 11.1 Å². The normalized spacial score (nSPS) is 12.1. The summed E-state index contributed by atoms with van der Waals surface area (Å²) < 4.78 is 1.72. The Bertz CT molecular complexity index is 575. The molecule has 20 heavy (non-hydrogen) atoms. The molecule has 0 aliphatic heterocycles. The second kappa shape index (κ2) is 6.23. The van der Waals surface area contributed by atoms with E-state index in [0.29, 0.717) is 12.8 Å². The van der Waals surface area contributed by atoms with Gasteiger partial charge in [0.1, 0.15) is 5.75 Å². The van der Waals surface area contributed by atoms with Crippen LogP contribution in [0.3, 0.4) is 0 Å². The van der Waals surface area contributed by atoms with Crippen molar-refractivity contribution in [1.29, 1.82) is 0 Å². The summed E-state index contributed by atoms with van der Waals surface area (Å²) in [6.45, 7) is 1.94. The van der Waals surface area contributed by atoms with Crippen LogP contribution in [0.4, 0.5) is 0 Å². The lowest BCUT2D eigenvalue weighted by Crippen LogP contribution is -2.26. The number of hydrogen-bond acceptors (Lipinski definition) is 3. The Labute approximate surface area is 118 Å². The fourth-order valence-electron chi connectivity index (χ4n) is 1.98. The Kier molecular flexibility index (Phi) is 4.40. The highest BCUT2D eigenvalue weighted by atomic mass is 16.3. The van der Waals surface area contributed by atoms with Crippen LogP contribution < -0.4 is 5.32 Å². The number of carbonyl (C=O) groups excluding carboxylic acids is 1. The Morgan fingerprint density at radius 2 is 2.10 bits per heavy atom. The van der Waals surface area contributed by atoms with Crippen LogP contribution >= 0.6 is 0 Å². The molecule has 1 amide bonds. The van der Waals surface area contributed by atoms with E-state index in [-0.39, 0.29) is 17.7 Å². The van der Waals surface area contributed by atoms with Crippen molar-refractivity contribution < 1.29 is 9.90 Å². The molecule has 0 bridgehead atoms. The number of aryl methyl sites for hydroxylation is 2. The molecule has 0 aliphatic rings. The highest BCUT2D eigenvalue weighted by molar-refractivity contribution is 5.76. The minimum absolute atomic E-state index is 0.00873. The van der Waals surface area contributed by atoms with Crippen LogP contribution in [0.2, 0.25) is 0 Å². The molecule has 5 nitrogen and oxygen atoms in total. The highest BCUT2D eigenvalue weighted by Crippen LogP contribution is 2.13. The average Bonchev–Trinajstić information content (AvgIpc) is 2.85. The van der Waals surface area contributed by atoms with Gasteiger partial charge in [-0.05, 0) is 31.0 Å². The first-order valence-corrected chi connectivity index (χ1v) is 6.60. The van der Waals surface area contributed by atoms with Gasteiger partial charge in [-0.3, -0.25) is 9.48 Å². The highest BCUT2D eigenvalue weighted by Gasteiger charge is 2.11. The van der Waals surface area contributed by atoms with E-state index in [2.05, 4.69) is 10.4 Å². The van der Waals surface area contributed by atoms with Gasteiger partial charge in [0.2, 0.25) is 5.91 Å². The first-order valence-electron chi connectivity index (χ1n) is 6.60. The van der Waals surface area contributed by atoms with Crippen LogP contribution in [0.1, 0.15) is 30.5 Å². The predicted molar refractivity (Wildman–Crippen MR) is 76.2 cm³/mol. The SMILES string of the molecule is CC(NC(=O)CCc1ccc(O)cc1)c1cnn(C)c1. The van der Waals surface area contributed by atoms with Gasteiger partial charge in [0, 0.05) is 25.2 Å². The molecule has 2 rings (SSSR count). The predicted octanol–water partition coefficient (Wildman–Crippen LogP) is 1.94. The molecule has 0 radical (unpaired) electrons. The number of benzene rings is 1. The van der Waals surface area contributed by atoms with Crippen LogP contribution in [0.5, 0.6) is 5.75 Å². The quantitative estimate of drug-likeness (QED) is 0.874. The van der Waals surface area contributed by atoms with Gasteiger partial charge < -0.3 is 10.4 Å². The van der Waals surface area contributed by atoms with Gasteiger partial charge in [-0.1, -0.05) is 12.1 Å². The zero-order valence-corrected chi connectivity index (χ0v) is 11.7. The van der Waals surface area contributed by atoms with Crippen LogP contribution in [-0.4, -0.2) is 20.8 Å². The fraction of sp³-hybridized carbons (Fsp3) is 0.333. The third kappa shape index (κ3) is 3.85. The Morgan fingerprint density at radius 1 is 1.40 bits per heavy atom. The lowest BCUT2D eigenvalue weighted by atomic mass is 10.1. The van der Waals surface area contributed by atoms with Crippen LogP contribution in [0.15, 0.2) is 36.7 Å². The molecular weight excluding hydrogens is 254 g/mol. The lowest BCUT2D eigenvalue weighted by molar-refractivity contribution is -0.121. The van der Waals surface area contributed by atoms with Gasteiger partial charge in [0.05, 0.1) is 12.2 Å². The molecule has 1 atom stereocenters. The molecular formula is C15H19N3O2. The van der Waals surface area contributed by atoms with E-state index >= 15 is 0 Å². The molecule has 1 aromatic heterocycles. The molecule has 106 valence electrons. The van der Waals surface area contributed by atoms with E-state index in [4.69, 9.17) is 0 Å². The molecule has 0 aliphatic carbocycles. The Morgan fingerprint density at radius 3 is 2.70 bits per heavy atom. The van der Waals surface area contributed by atoms with E-state index in [1.165, 1.54) is 0 Å². The molecule has 0 fully saturated rings. The number of nitrogens with zero attached hydrogens (tertiary/aromatic N) is 2. The maximum absolute atomic E-state index is 11.9. The first-order chi connectivity index (χ1) is 9.54. The zero-order valence-electron chi connectivity index (χ0n) is 11.7. The number of aromatic nitrogens is 2. The summed E-state index contributed by atoms with van der Waals surface area (Å²) in [5, 5.41) is 16.2. The maximum Gasteiger partial charge on any atom is 0.220 e. The number of phenols is 1. The first kappa shape index (κ1) is 14.1. The second-order valence-electron chi connectivity index (χ2n) is 4.90. The number of hydrogen-bond donors (Lipinski definition) is 2. The molecule has 1 unspecified atom stereocenters. The fourth-order valence-corrected chi connectivity index (χ4v) is 1.98. The molecule has 0 spiro atoms. The van der Waals surface area contributed by atoms with E-state index in [9.17, 15) is 9.90 Å². The molecule has 0 saturated heterocycles. The van der Waals surface area contributed by atoms with Gasteiger partial charge >= 0.3 is 0 Å². The monoisotopic (exact) mass is 273 g/mol. The molecule has 2 aromatic rings. The number of nitrogens with one attached hydrogen (secondary N) is 1. The standard InChI is InChI=1S/C15H19N3O2/c1-11(13-9-16-18(2)10-13)17-15(20)8-5-12-3-6-14(19)7-4-12/h3-4,6-7,9-11,19H,5,8H2,1-2H3,(H,17,20). The summed E-state index contributed by atoms with van der Waals surface area (Å²) in [6, 6.07) is 6.87. The number of carbonyl (C=O) groups is 1. The van der Waals surface area contributed by atoms with Gasteiger partial charge in [0.15, 0.2) is 0 Å². The van der Waals surface area contributed by atoms with Crippen molar-refractivity contribution in [1.82, 2.24) is 15.1 Å². The van der Waals surface area contributed by atoms with Gasteiger partial charge in [-0.2, -0.15) is 5.10 Å². The second-order valence-corrected chi connectivity index (χ2v) is 4.90. The van der Waals surface area contributed by atoms with Crippen molar-refractivity contribution in [3.8, 4) is 5.75 Å². The summed E-state index contributed by atoms with van der Waals surface area (Å²) in [5.74, 6) is 0.248. The lowest BCUT2D eigenvalue weighted by Gasteiger charge is -2.12. The third-order valence-electron chi connectivity index (χ3n) is 3.18. The summed E-state index contributed by atoms with van der Waals surface area (Å²) in [4.78, 5) is 11.9. The van der Waals surface area contributed by atoms with Gasteiger partial charge in [-0.25, -0.2) is 0 Å². The van der Waals surface area contributed by atoms with Crippen molar-refractivity contribution in [3.63, 3.8) is 0 Å². The van der Waals surface area contributed by atoms with Crippen molar-refractivity contribution in [2.24, 2.45) is 7.05 Å². The molecule has 5 heteroatoms.